The van der Waals surface area contributed by atoms with Crippen LogP contribution in [0.15, 0.2) is 22.8 Å². The summed E-state index contributed by atoms with van der Waals surface area (Å²) in [6.45, 7) is 2.95. The van der Waals surface area contributed by atoms with E-state index < -0.39 is 16.3 Å². The first-order chi connectivity index (χ1) is 10.6. The molecule has 2 saturated heterocycles. The Hall–Kier alpha value is -1.38. The van der Waals surface area contributed by atoms with Gasteiger partial charge in [0.05, 0.1) is 12.3 Å². The summed E-state index contributed by atoms with van der Waals surface area (Å²) in [5.41, 5.74) is 0. The van der Waals surface area contributed by atoms with Crippen LogP contribution in [-0.2, 0) is 15.0 Å². The fraction of sp³-hybridized carbons (Fsp3) is 0.643. The van der Waals surface area contributed by atoms with Crippen LogP contribution in [-0.4, -0.2) is 48.6 Å². The Labute approximate surface area is 130 Å². The Morgan fingerprint density at radius 2 is 2.18 bits per heavy atom. The molecule has 1 amide bonds. The fourth-order valence-electron chi connectivity index (χ4n) is 3.28. The largest absolute Gasteiger partial charge is 0.468 e. The molecular weight excluding hydrogens is 306 g/mol. The van der Waals surface area contributed by atoms with Crippen LogP contribution in [0.5, 0.6) is 0 Å². The lowest BCUT2D eigenvalue weighted by molar-refractivity contribution is -0.126. The number of nitrogens with zero attached hydrogens (tertiary/aromatic N) is 2. The zero-order chi connectivity index (χ0) is 15.7. The van der Waals surface area contributed by atoms with Crippen LogP contribution in [0, 0.1) is 0 Å². The topological polar surface area (TPSA) is 82.9 Å². The Kier molecular flexibility index (Phi) is 4.24. The second kappa shape index (κ2) is 6.02. The van der Waals surface area contributed by atoms with Crippen LogP contribution in [0.2, 0.25) is 0 Å². The van der Waals surface area contributed by atoms with Crippen molar-refractivity contribution in [2.45, 2.75) is 38.3 Å². The maximum atomic E-state index is 13.0. The molecule has 0 saturated carbocycles. The smallest absolute Gasteiger partial charge is 0.283 e. The zero-order valence-electron chi connectivity index (χ0n) is 12.6. The molecular formula is C14H21N3O4S. The van der Waals surface area contributed by atoms with Gasteiger partial charge < -0.3 is 9.73 Å². The highest BCUT2D eigenvalue weighted by Gasteiger charge is 2.44. The third-order valence-electron chi connectivity index (χ3n) is 4.34. The summed E-state index contributed by atoms with van der Waals surface area (Å²) in [6, 6.07) is 2.67. The highest BCUT2D eigenvalue weighted by molar-refractivity contribution is 7.86. The number of nitrogens with one attached hydrogen (secondary N) is 1. The van der Waals surface area contributed by atoms with Crippen LogP contribution < -0.4 is 5.32 Å². The molecule has 2 fully saturated rings. The maximum absolute atomic E-state index is 13.0. The third kappa shape index (κ3) is 2.55. The maximum Gasteiger partial charge on any atom is 0.283 e. The van der Waals surface area contributed by atoms with Crippen molar-refractivity contribution in [2.24, 2.45) is 0 Å². The van der Waals surface area contributed by atoms with E-state index in [1.807, 2.05) is 6.92 Å². The molecule has 1 aromatic heterocycles. The van der Waals surface area contributed by atoms with Crippen LogP contribution >= 0.6 is 0 Å². The predicted molar refractivity (Wildman–Crippen MR) is 80.1 cm³/mol. The minimum absolute atomic E-state index is 0.217. The second-order valence-electron chi connectivity index (χ2n) is 5.62. The van der Waals surface area contributed by atoms with E-state index in [2.05, 4.69) is 5.32 Å². The Balaban J connectivity index is 1.89. The van der Waals surface area contributed by atoms with Gasteiger partial charge in [-0.05, 0) is 31.4 Å². The molecule has 2 atom stereocenters. The van der Waals surface area contributed by atoms with Crippen molar-refractivity contribution in [3.8, 4) is 0 Å². The summed E-state index contributed by atoms with van der Waals surface area (Å²) in [5.74, 6) is 0.446. The van der Waals surface area contributed by atoms with Crippen LogP contribution in [0.25, 0.3) is 0 Å². The first-order valence-corrected chi connectivity index (χ1v) is 9.05. The number of carbonyl (C=O) groups excluding carboxylic acids is 1. The van der Waals surface area contributed by atoms with E-state index in [0.717, 1.165) is 12.8 Å². The summed E-state index contributed by atoms with van der Waals surface area (Å²) in [7, 11) is -3.69. The number of carbonyl (C=O) groups is 1. The standard InChI is InChI=1S/C14H21N3O4S/c1-2-11-14(18)15-7-9-17(11)22(19,20)16-8-3-5-12(16)13-6-4-10-21-13/h4,6,10-12H,2-3,5,7-9H2,1H3,(H,15,18)/t11-,12-/m1/s1. The molecule has 3 heterocycles. The number of hydrogen-bond donors (Lipinski definition) is 1. The molecule has 0 radical (unpaired) electrons. The summed E-state index contributed by atoms with van der Waals surface area (Å²) in [4.78, 5) is 12.0. The predicted octanol–water partition coefficient (Wildman–Crippen LogP) is 0.872. The van der Waals surface area contributed by atoms with Gasteiger partial charge in [0.25, 0.3) is 10.2 Å². The van der Waals surface area contributed by atoms with Gasteiger partial charge in [0.1, 0.15) is 11.8 Å². The molecule has 8 heteroatoms. The highest BCUT2D eigenvalue weighted by atomic mass is 32.2. The molecule has 0 spiro atoms. The molecule has 1 N–H and O–H groups in total. The van der Waals surface area contributed by atoms with Gasteiger partial charge in [-0.2, -0.15) is 17.0 Å². The van der Waals surface area contributed by atoms with E-state index in [4.69, 9.17) is 4.42 Å². The molecule has 3 rings (SSSR count). The van der Waals surface area contributed by atoms with Gasteiger partial charge in [-0.25, -0.2) is 0 Å². The number of piperazine rings is 1. The van der Waals surface area contributed by atoms with Crippen molar-refractivity contribution in [3.63, 3.8) is 0 Å². The number of hydrogen-bond acceptors (Lipinski definition) is 4. The highest BCUT2D eigenvalue weighted by Crippen LogP contribution is 2.36. The fourth-order valence-corrected chi connectivity index (χ4v) is 5.32. The van der Waals surface area contributed by atoms with E-state index in [0.29, 0.717) is 31.8 Å². The summed E-state index contributed by atoms with van der Waals surface area (Å²) in [5, 5.41) is 2.73. The number of rotatable bonds is 4. The van der Waals surface area contributed by atoms with Crippen LogP contribution in [0.4, 0.5) is 0 Å². The van der Waals surface area contributed by atoms with Crippen molar-refractivity contribution >= 4 is 16.1 Å². The molecule has 0 bridgehead atoms. The summed E-state index contributed by atoms with van der Waals surface area (Å²) in [6.07, 6.45) is 3.55. The lowest BCUT2D eigenvalue weighted by atomic mass is 10.2. The molecule has 2 aliphatic rings. The Morgan fingerprint density at radius 3 is 2.86 bits per heavy atom. The number of furan rings is 1. The molecule has 7 nitrogen and oxygen atoms in total. The first kappa shape index (κ1) is 15.5. The van der Waals surface area contributed by atoms with Gasteiger partial charge in [-0.1, -0.05) is 6.92 Å². The molecule has 1 aromatic rings. The summed E-state index contributed by atoms with van der Waals surface area (Å²) < 4.78 is 34.3. The van der Waals surface area contributed by atoms with E-state index >= 15 is 0 Å². The van der Waals surface area contributed by atoms with Crippen LogP contribution in [0.3, 0.4) is 0 Å². The van der Waals surface area contributed by atoms with Gasteiger partial charge >= 0.3 is 0 Å². The average molecular weight is 327 g/mol. The monoisotopic (exact) mass is 327 g/mol. The van der Waals surface area contributed by atoms with E-state index in [9.17, 15) is 13.2 Å². The SMILES string of the molecule is CC[C@@H]1C(=O)NCCN1S(=O)(=O)N1CCC[C@@H]1c1ccco1. The van der Waals surface area contributed by atoms with Gasteiger partial charge in [0.2, 0.25) is 5.91 Å². The second-order valence-corrected chi connectivity index (χ2v) is 7.45. The van der Waals surface area contributed by atoms with Crippen molar-refractivity contribution in [3.05, 3.63) is 24.2 Å². The Morgan fingerprint density at radius 1 is 1.36 bits per heavy atom. The minimum Gasteiger partial charge on any atom is -0.468 e. The van der Waals surface area contributed by atoms with Crippen molar-refractivity contribution < 1.29 is 17.6 Å². The summed E-state index contributed by atoms with van der Waals surface area (Å²) >= 11 is 0. The minimum atomic E-state index is -3.69. The molecule has 0 unspecified atom stereocenters. The molecule has 22 heavy (non-hydrogen) atoms. The molecule has 0 aromatic carbocycles. The van der Waals surface area contributed by atoms with Crippen molar-refractivity contribution in [2.75, 3.05) is 19.6 Å². The van der Waals surface area contributed by atoms with Crippen molar-refractivity contribution in [1.29, 1.82) is 0 Å². The molecule has 2 aliphatic heterocycles. The van der Waals surface area contributed by atoms with Gasteiger partial charge in [-0.15, -0.1) is 0 Å². The molecule has 0 aliphatic carbocycles. The van der Waals surface area contributed by atoms with E-state index in [1.165, 1.54) is 8.61 Å². The Bertz CT molecular complexity index is 629. The van der Waals surface area contributed by atoms with Gasteiger partial charge in [0, 0.05) is 19.6 Å². The normalized spacial score (nSPS) is 28.0. The average Bonchev–Trinajstić information content (AvgIpc) is 3.17. The number of amides is 1. The van der Waals surface area contributed by atoms with Gasteiger partial charge in [-0.3, -0.25) is 4.79 Å². The first-order valence-electron chi connectivity index (χ1n) is 7.65. The van der Waals surface area contributed by atoms with Crippen LogP contribution in [0.1, 0.15) is 38.0 Å². The van der Waals surface area contributed by atoms with E-state index in [1.54, 1.807) is 18.4 Å². The van der Waals surface area contributed by atoms with Crippen molar-refractivity contribution in [1.82, 2.24) is 13.9 Å². The molecule has 122 valence electrons. The zero-order valence-corrected chi connectivity index (χ0v) is 13.4. The lowest BCUT2D eigenvalue weighted by Gasteiger charge is -2.37. The van der Waals surface area contributed by atoms with E-state index in [-0.39, 0.29) is 11.9 Å². The van der Waals surface area contributed by atoms with Gasteiger partial charge in [0.15, 0.2) is 0 Å². The third-order valence-corrected chi connectivity index (χ3v) is 6.40. The lowest BCUT2D eigenvalue weighted by Crippen LogP contribution is -2.59. The quantitative estimate of drug-likeness (QED) is 0.889.